The van der Waals surface area contributed by atoms with E-state index >= 15 is 0 Å². The standard InChI is InChI=1S/C24H23N3O3S/c1-30-15-14-25-23(29)19-9-5-10-20(16-19)26-24(31)27-22(28)13-12-18-8-4-7-17-6-2-3-11-21(17)18/h2-13,16H,14-15H2,1H3,(H,25,29)(H2,26,27,28,31)/b13-12+. The van der Waals surface area contributed by atoms with E-state index in [1.165, 1.54) is 6.08 Å². The fourth-order valence-corrected chi connectivity index (χ4v) is 3.20. The Labute approximate surface area is 186 Å². The second-order valence-electron chi connectivity index (χ2n) is 6.67. The van der Waals surface area contributed by atoms with Gasteiger partial charge in [-0.25, -0.2) is 0 Å². The van der Waals surface area contributed by atoms with Crippen LogP contribution in [0.4, 0.5) is 5.69 Å². The number of nitrogens with one attached hydrogen (secondary N) is 3. The number of ether oxygens (including phenoxy) is 1. The maximum absolute atomic E-state index is 12.3. The molecular formula is C24H23N3O3S. The van der Waals surface area contributed by atoms with Crippen molar-refractivity contribution < 1.29 is 14.3 Å². The van der Waals surface area contributed by atoms with Crippen molar-refractivity contribution in [3.05, 3.63) is 83.9 Å². The molecule has 0 radical (unpaired) electrons. The van der Waals surface area contributed by atoms with Crippen LogP contribution in [-0.4, -0.2) is 37.2 Å². The lowest BCUT2D eigenvalue weighted by atomic mass is 10.0. The fourth-order valence-electron chi connectivity index (χ4n) is 2.98. The molecule has 0 aliphatic carbocycles. The van der Waals surface area contributed by atoms with E-state index in [1.54, 1.807) is 37.5 Å². The smallest absolute Gasteiger partial charge is 0.251 e. The van der Waals surface area contributed by atoms with Gasteiger partial charge in [-0.3, -0.25) is 14.9 Å². The SMILES string of the molecule is COCCNC(=O)c1cccc(NC(=S)NC(=O)/C=C/c2cccc3ccccc23)c1. The number of hydrogen-bond acceptors (Lipinski definition) is 4. The molecule has 3 aromatic rings. The molecule has 0 atom stereocenters. The van der Waals surface area contributed by atoms with Gasteiger partial charge in [0.1, 0.15) is 0 Å². The molecule has 0 aliphatic heterocycles. The molecule has 31 heavy (non-hydrogen) atoms. The van der Waals surface area contributed by atoms with E-state index in [0.29, 0.717) is 24.4 Å². The number of carbonyl (C=O) groups is 2. The number of benzene rings is 3. The molecule has 0 bridgehead atoms. The van der Waals surface area contributed by atoms with Gasteiger partial charge in [-0.1, -0.05) is 48.5 Å². The van der Waals surface area contributed by atoms with Crippen LogP contribution in [0.5, 0.6) is 0 Å². The summed E-state index contributed by atoms with van der Waals surface area (Å²) < 4.78 is 4.92. The van der Waals surface area contributed by atoms with Crippen molar-refractivity contribution in [2.75, 3.05) is 25.6 Å². The van der Waals surface area contributed by atoms with Crippen molar-refractivity contribution in [1.82, 2.24) is 10.6 Å². The first-order chi connectivity index (χ1) is 15.1. The molecule has 6 nitrogen and oxygen atoms in total. The molecule has 0 aliphatic rings. The summed E-state index contributed by atoms with van der Waals surface area (Å²) in [5.74, 6) is -0.562. The average molecular weight is 434 g/mol. The first-order valence-corrected chi connectivity index (χ1v) is 10.1. The Bertz CT molecular complexity index is 1120. The van der Waals surface area contributed by atoms with Crippen molar-refractivity contribution in [2.24, 2.45) is 0 Å². The molecule has 0 aromatic heterocycles. The molecule has 3 rings (SSSR count). The van der Waals surface area contributed by atoms with E-state index in [4.69, 9.17) is 17.0 Å². The summed E-state index contributed by atoms with van der Waals surface area (Å²) in [6.45, 7) is 0.858. The van der Waals surface area contributed by atoms with E-state index in [0.717, 1.165) is 16.3 Å². The zero-order valence-corrected chi connectivity index (χ0v) is 17.9. The number of anilines is 1. The molecule has 3 N–H and O–H groups in total. The highest BCUT2D eigenvalue weighted by molar-refractivity contribution is 7.80. The lowest BCUT2D eigenvalue weighted by Crippen LogP contribution is -2.33. The fraction of sp³-hybridized carbons (Fsp3) is 0.125. The summed E-state index contributed by atoms with van der Waals surface area (Å²) in [5.41, 5.74) is 2.02. The summed E-state index contributed by atoms with van der Waals surface area (Å²) in [4.78, 5) is 24.4. The predicted molar refractivity (Wildman–Crippen MR) is 128 cm³/mol. The van der Waals surface area contributed by atoms with Crippen LogP contribution in [0.2, 0.25) is 0 Å². The summed E-state index contributed by atoms with van der Waals surface area (Å²) in [7, 11) is 1.57. The number of rotatable bonds is 7. The van der Waals surface area contributed by atoms with Crippen LogP contribution in [0.1, 0.15) is 15.9 Å². The van der Waals surface area contributed by atoms with E-state index in [1.807, 2.05) is 42.5 Å². The minimum atomic E-state index is -0.348. The number of thiocarbonyl (C=S) groups is 1. The monoisotopic (exact) mass is 433 g/mol. The van der Waals surface area contributed by atoms with Gasteiger partial charge in [0.15, 0.2) is 5.11 Å². The average Bonchev–Trinajstić information content (AvgIpc) is 2.77. The van der Waals surface area contributed by atoms with Gasteiger partial charge in [0.25, 0.3) is 5.91 Å². The van der Waals surface area contributed by atoms with Crippen LogP contribution >= 0.6 is 12.2 Å². The van der Waals surface area contributed by atoms with Crippen molar-refractivity contribution in [3.8, 4) is 0 Å². The third-order valence-electron chi connectivity index (χ3n) is 4.45. The summed E-state index contributed by atoms with van der Waals surface area (Å²) >= 11 is 5.22. The third kappa shape index (κ3) is 6.47. The molecule has 0 fully saturated rings. The van der Waals surface area contributed by atoms with Gasteiger partial charge in [0, 0.05) is 31.0 Å². The minimum absolute atomic E-state index is 0.143. The van der Waals surface area contributed by atoms with Crippen molar-refractivity contribution >= 4 is 51.7 Å². The highest BCUT2D eigenvalue weighted by Gasteiger charge is 2.07. The van der Waals surface area contributed by atoms with E-state index in [2.05, 4.69) is 16.0 Å². The molecule has 0 saturated heterocycles. The zero-order chi connectivity index (χ0) is 22.1. The van der Waals surface area contributed by atoms with Gasteiger partial charge < -0.3 is 15.4 Å². The molecule has 158 valence electrons. The molecule has 3 aromatic carbocycles. The Hall–Kier alpha value is -3.55. The Balaban J connectivity index is 1.58. The Morgan fingerprint density at radius 1 is 1.03 bits per heavy atom. The van der Waals surface area contributed by atoms with E-state index in [-0.39, 0.29) is 16.9 Å². The van der Waals surface area contributed by atoms with E-state index < -0.39 is 0 Å². The number of carbonyl (C=O) groups excluding carboxylic acids is 2. The third-order valence-corrected chi connectivity index (χ3v) is 4.65. The Kier molecular flexibility index (Phi) is 7.86. The predicted octanol–water partition coefficient (Wildman–Crippen LogP) is 3.74. The van der Waals surface area contributed by atoms with Gasteiger partial charge in [-0.05, 0) is 52.8 Å². The molecular weight excluding hydrogens is 410 g/mol. The van der Waals surface area contributed by atoms with Gasteiger partial charge in [-0.15, -0.1) is 0 Å². The maximum Gasteiger partial charge on any atom is 0.251 e. The van der Waals surface area contributed by atoms with Gasteiger partial charge in [0.05, 0.1) is 6.61 Å². The highest BCUT2D eigenvalue weighted by Crippen LogP contribution is 2.19. The minimum Gasteiger partial charge on any atom is -0.383 e. The lowest BCUT2D eigenvalue weighted by Gasteiger charge is -2.10. The van der Waals surface area contributed by atoms with Crippen molar-refractivity contribution in [3.63, 3.8) is 0 Å². The highest BCUT2D eigenvalue weighted by atomic mass is 32.1. The van der Waals surface area contributed by atoms with Gasteiger partial charge in [0.2, 0.25) is 5.91 Å². The largest absolute Gasteiger partial charge is 0.383 e. The summed E-state index contributed by atoms with van der Waals surface area (Å²) in [6.07, 6.45) is 3.20. The number of methoxy groups -OCH3 is 1. The second kappa shape index (κ2) is 11.0. The van der Waals surface area contributed by atoms with Crippen LogP contribution in [0.25, 0.3) is 16.8 Å². The molecule has 7 heteroatoms. The van der Waals surface area contributed by atoms with Gasteiger partial charge in [-0.2, -0.15) is 0 Å². The Morgan fingerprint density at radius 3 is 2.65 bits per heavy atom. The zero-order valence-electron chi connectivity index (χ0n) is 17.1. The molecule has 0 spiro atoms. The van der Waals surface area contributed by atoms with Gasteiger partial charge >= 0.3 is 0 Å². The summed E-state index contributed by atoms with van der Waals surface area (Å²) in [5, 5.41) is 10.6. The maximum atomic E-state index is 12.3. The van der Waals surface area contributed by atoms with Crippen LogP contribution in [0, 0.1) is 0 Å². The first-order valence-electron chi connectivity index (χ1n) is 9.72. The Morgan fingerprint density at radius 2 is 1.81 bits per heavy atom. The van der Waals surface area contributed by atoms with Crippen molar-refractivity contribution in [2.45, 2.75) is 0 Å². The topological polar surface area (TPSA) is 79.5 Å². The number of fused-ring (bicyclic) bond motifs is 1. The van der Waals surface area contributed by atoms with Crippen LogP contribution in [0.15, 0.2) is 72.8 Å². The van der Waals surface area contributed by atoms with Crippen LogP contribution in [-0.2, 0) is 9.53 Å². The first kappa shape index (κ1) is 22.1. The number of hydrogen-bond donors (Lipinski definition) is 3. The second-order valence-corrected chi connectivity index (χ2v) is 7.08. The van der Waals surface area contributed by atoms with E-state index in [9.17, 15) is 9.59 Å². The van der Waals surface area contributed by atoms with Crippen LogP contribution in [0.3, 0.4) is 0 Å². The summed E-state index contributed by atoms with van der Waals surface area (Å²) in [6, 6.07) is 20.8. The molecule has 0 unspecified atom stereocenters. The molecule has 0 saturated carbocycles. The normalized spacial score (nSPS) is 10.7. The molecule has 0 heterocycles. The quantitative estimate of drug-likeness (QED) is 0.301. The van der Waals surface area contributed by atoms with Crippen LogP contribution < -0.4 is 16.0 Å². The van der Waals surface area contributed by atoms with Crippen molar-refractivity contribution in [1.29, 1.82) is 0 Å². The lowest BCUT2D eigenvalue weighted by molar-refractivity contribution is -0.115. The number of amides is 2. The molecule has 2 amide bonds.